The van der Waals surface area contributed by atoms with Crippen molar-refractivity contribution in [2.75, 3.05) is 6.61 Å². The van der Waals surface area contributed by atoms with Gasteiger partial charge < -0.3 is 14.6 Å². The molecule has 0 saturated heterocycles. The second-order valence-electron chi connectivity index (χ2n) is 9.23. The van der Waals surface area contributed by atoms with Crippen LogP contribution in [0.5, 0.6) is 5.75 Å². The molecule has 1 aromatic heterocycles. The second kappa shape index (κ2) is 11.4. The van der Waals surface area contributed by atoms with E-state index in [0.29, 0.717) is 6.61 Å². The molecule has 176 valence electrons. The Morgan fingerprint density at radius 3 is 2.61 bits per heavy atom. The van der Waals surface area contributed by atoms with Gasteiger partial charge in [0.15, 0.2) is 0 Å². The van der Waals surface area contributed by atoms with E-state index in [2.05, 4.69) is 60.1 Å². The highest BCUT2D eigenvalue weighted by atomic mass is 16.5. The highest BCUT2D eigenvalue weighted by molar-refractivity contribution is 5.80. The Labute approximate surface area is 197 Å². The number of benzene rings is 2. The van der Waals surface area contributed by atoms with Crippen LogP contribution in [-0.4, -0.2) is 22.1 Å². The molecule has 2 aromatic carbocycles. The summed E-state index contributed by atoms with van der Waals surface area (Å²) in [4.78, 5) is 17.7. The summed E-state index contributed by atoms with van der Waals surface area (Å²) in [6.45, 7) is 5.77. The van der Waals surface area contributed by atoms with E-state index < -0.39 is 0 Å². The lowest BCUT2D eigenvalue weighted by atomic mass is 9.88. The number of ether oxygens (including phenoxy) is 1. The quantitative estimate of drug-likeness (QED) is 0.376. The first kappa shape index (κ1) is 23.3. The summed E-state index contributed by atoms with van der Waals surface area (Å²) in [5.74, 6) is 2.21. The molecule has 33 heavy (non-hydrogen) atoms. The first-order chi connectivity index (χ1) is 16.2. The second-order valence-corrected chi connectivity index (χ2v) is 9.23. The number of nitrogens with one attached hydrogen (secondary N) is 1. The van der Waals surface area contributed by atoms with Crippen LogP contribution in [-0.2, 0) is 17.8 Å². The van der Waals surface area contributed by atoms with Crippen LogP contribution in [0.2, 0.25) is 0 Å². The topological polar surface area (TPSA) is 56.1 Å². The van der Waals surface area contributed by atoms with Gasteiger partial charge in [0.25, 0.3) is 0 Å². The average molecular weight is 448 g/mol. The number of unbranched alkanes of at least 4 members (excludes halogenated alkanes) is 1. The zero-order valence-corrected chi connectivity index (χ0v) is 20.1. The van der Waals surface area contributed by atoms with Gasteiger partial charge in [-0.15, -0.1) is 0 Å². The smallest absolute Gasteiger partial charge is 0.223 e. The Kier molecular flexibility index (Phi) is 8.03. The molecular weight excluding hydrogens is 410 g/mol. The van der Waals surface area contributed by atoms with Crippen LogP contribution in [0.25, 0.3) is 11.0 Å². The van der Waals surface area contributed by atoms with Crippen molar-refractivity contribution < 1.29 is 9.53 Å². The van der Waals surface area contributed by atoms with Crippen molar-refractivity contribution in [1.29, 1.82) is 0 Å². The first-order valence-corrected chi connectivity index (χ1v) is 12.6. The van der Waals surface area contributed by atoms with Crippen molar-refractivity contribution in [1.82, 2.24) is 14.9 Å². The van der Waals surface area contributed by atoms with Gasteiger partial charge in [0, 0.05) is 12.5 Å². The molecule has 1 unspecified atom stereocenters. The van der Waals surface area contributed by atoms with E-state index in [9.17, 15) is 4.79 Å². The summed E-state index contributed by atoms with van der Waals surface area (Å²) in [5.41, 5.74) is 3.44. The number of carbonyl (C=O) groups excluding carboxylic acids is 1. The molecule has 1 aliphatic rings. The number of aryl methyl sites for hydroxylation is 2. The largest absolute Gasteiger partial charge is 0.494 e. The number of para-hydroxylation sites is 2. The van der Waals surface area contributed by atoms with Gasteiger partial charge in [0.2, 0.25) is 5.91 Å². The zero-order chi connectivity index (χ0) is 23.0. The fraction of sp³-hybridized carbons (Fsp3) is 0.500. The van der Waals surface area contributed by atoms with Crippen LogP contribution in [0.15, 0.2) is 48.5 Å². The van der Waals surface area contributed by atoms with E-state index in [4.69, 9.17) is 9.72 Å². The monoisotopic (exact) mass is 447 g/mol. The first-order valence-electron chi connectivity index (χ1n) is 12.6. The van der Waals surface area contributed by atoms with Gasteiger partial charge in [-0.05, 0) is 68.9 Å². The third kappa shape index (κ3) is 5.95. The summed E-state index contributed by atoms with van der Waals surface area (Å²) < 4.78 is 8.20. The van der Waals surface area contributed by atoms with Crippen LogP contribution in [0.3, 0.4) is 0 Å². The normalized spacial score (nSPS) is 15.5. The minimum Gasteiger partial charge on any atom is -0.494 e. The summed E-state index contributed by atoms with van der Waals surface area (Å²) in [5, 5.41) is 3.25. The van der Waals surface area contributed by atoms with Crippen LogP contribution < -0.4 is 10.1 Å². The third-order valence-electron chi connectivity index (χ3n) is 6.78. The van der Waals surface area contributed by atoms with Crippen LogP contribution >= 0.6 is 0 Å². The highest BCUT2D eigenvalue weighted by Gasteiger charge is 2.24. The third-order valence-corrected chi connectivity index (χ3v) is 6.78. The predicted molar refractivity (Wildman–Crippen MR) is 133 cm³/mol. The molecule has 3 aromatic rings. The number of hydrogen-bond donors (Lipinski definition) is 1. The van der Waals surface area contributed by atoms with Crippen LogP contribution in [0.4, 0.5) is 0 Å². The van der Waals surface area contributed by atoms with Crippen LogP contribution in [0, 0.1) is 5.92 Å². The maximum atomic E-state index is 12.8. The van der Waals surface area contributed by atoms with Crippen molar-refractivity contribution in [2.45, 2.75) is 77.8 Å². The molecule has 1 heterocycles. The number of hydrogen-bond acceptors (Lipinski definition) is 3. The van der Waals surface area contributed by atoms with E-state index in [1.807, 2.05) is 12.1 Å². The number of aromatic nitrogens is 2. The molecule has 0 spiro atoms. The molecule has 0 bridgehead atoms. The number of amides is 1. The number of fused-ring (bicyclic) bond motifs is 1. The standard InChI is InChI=1S/C28H37N3O2/c1-3-22-15-17-24(18-16-22)33-20-10-9-19-31-26-14-8-7-13-25(26)30-27(31)21(2)29-28(32)23-11-5-4-6-12-23/h7-8,13-18,21,23H,3-6,9-12,19-20H2,1-2H3,(H,29,32). The molecule has 0 aliphatic heterocycles. The van der Waals surface area contributed by atoms with Crippen molar-refractivity contribution in [3.8, 4) is 5.75 Å². The molecule has 1 amide bonds. The minimum atomic E-state index is -0.111. The lowest BCUT2D eigenvalue weighted by molar-refractivity contribution is -0.126. The maximum absolute atomic E-state index is 12.8. The summed E-state index contributed by atoms with van der Waals surface area (Å²) in [6.07, 6.45) is 8.59. The van der Waals surface area contributed by atoms with E-state index in [0.717, 1.165) is 74.1 Å². The lowest BCUT2D eigenvalue weighted by Gasteiger charge is -2.23. The number of carbonyl (C=O) groups is 1. The Morgan fingerprint density at radius 1 is 1.09 bits per heavy atom. The molecule has 1 saturated carbocycles. The minimum absolute atomic E-state index is 0.111. The molecular formula is C28H37N3O2. The number of imidazole rings is 1. The Balaban J connectivity index is 1.36. The van der Waals surface area contributed by atoms with Gasteiger partial charge in [-0.25, -0.2) is 4.98 Å². The molecule has 1 aliphatic carbocycles. The highest BCUT2D eigenvalue weighted by Crippen LogP contribution is 2.26. The average Bonchev–Trinajstić information content (AvgIpc) is 3.23. The van der Waals surface area contributed by atoms with Crippen molar-refractivity contribution in [3.05, 3.63) is 59.9 Å². The van der Waals surface area contributed by atoms with Crippen LogP contribution in [0.1, 0.15) is 76.2 Å². The molecule has 0 radical (unpaired) electrons. The maximum Gasteiger partial charge on any atom is 0.223 e. The molecule has 5 heteroatoms. The fourth-order valence-corrected chi connectivity index (χ4v) is 4.80. The summed E-state index contributed by atoms with van der Waals surface area (Å²) in [6, 6.07) is 16.5. The van der Waals surface area contributed by atoms with Gasteiger partial charge in [0.1, 0.15) is 11.6 Å². The molecule has 1 atom stereocenters. The van der Waals surface area contributed by atoms with E-state index in [1.165, 1.54) is 12.0 Å². The Hall–Kier alpha value is -2.82. The van der Waals surface area contributed by atoms with Gasteiger partial charge in [-0.1, -0.05) is 50.5 Å². The van der Waals surface area contributed by atoms with E-state index >= 15 is 0 Å². The predicted octanol–water partition coefficient (Wildman–Crippen LogP) is 6.22. The van der Waals surface area contributed by atoms with Gasteiger partial charge in [-0.2, -0.15) is 0 Å². The Bertz CT molecular complexity index is 1030. The fourth-order valence-electron chi connectivity index (χ4n) is 4.80. The van der Waals surface area contributed by atoms with Gasteiger partial charge >= 0.3 is 0 Å². The molecule has 1 N–H and O–H groups in total. The van der Waals surface area contributed by atoms with Crippen molar-refractivity contribution >= 4 is 16.9 Å². The molecule has 4 rings (SSSR count). The van der Waals surface area contributed by atoms with Gasteiger partial charge in [-0.3, -0.25) is 4.79 Å². The molecule has 5 nitrogen and oxygen atoms in total. The summed E-state index contributed by atoms with van der Waals surface area (Å²) in [7, 11) is 0. The van der Waals surface area contributed by atoms with Crippen molar-refractivity contribution in [2.24, 2.45) is 5.92 Å². The SMILES string of the molecule is CCc1ccc(OCCCCn2c(C(C)NC(=O)C3CCCCC3)nc3ccccc32)cc1. The Morgan fingerprint density at radius 2 is 1.85 bits per heavy atom. The molecule has 1 fully saturated rings. The number of rotatable bonds is 10. The van der Waals surface area contributed by atoms with Gasteiger partial charge in [0.05, 0.1) is 23.7 Å². The lowest BCUT2D eigenvalue weighted by Crippen LogP contribution is -2.35. The van der Waals surface area contributed by atoms with Crippen molar-refractivity contribution in [3.63, 3.8) is 0 Å². The summed E-state index contributed by atoms with van der Waals surface area (Å²) >= 11 is 0. The van der Waals surface area contributed by atoms with E-state index in [-0.39, 0.29) is 17.9 Å². The van der Waals surface area contributed by atoms with E-state index in [1.54, 1.807) is 0 Å². The zero-order valence-electron chi connectivity index (χ0n) is 20.1. The number of nitrogens with zero attached hydrogens (tertiary/aromatic N) is 2.